The maximum atomic E-state index is 11.6. The predicted octanol–water partition coefficient (Wildman–Crippen LogP) is 7.02. The van der Waals surface area contributed by atoms with Gasteiger partial charge in [0, 0.05) is 6.42 Å². The Balaban J connectivity index is 3.13. The van der Waals surface area contributed by atoms with Crippen LogP contribution in [0.1, 0.15) is 116 Å². The molecule has 0 unspecified atom stereocenters. The van der Waals surface area contributed by atoms with Crippen molar-refractivity contribution in [3.8, 4) is 0 Å². The highest BCUT2D eigenvalue weighted by Gasteiger charge is 2.02. The molecule has 0 rings (SSSR count). The van der Waals surface area contributed by atoms with Gasteiger partial charge in [0.15, 0.2) is 0 Å². The maximum Gasteiger partial charge on any atom is 0.305 e. The average Bonchev–Trinajstić information content (AvgIpc) is 2.55. The largest absolute Gasteiger partial charge is 0.466 e. The van der Waals surface area contributed by atoms with Crippen LogP contribution in [0.5, 0.6) is 0 Å². The third-order valence-electron chi connectivity index (χ3n) is 4.39. The van der Waals surface area contributed by atoms with E-state index in [1.165, 1.54) is 83.5 Å². The quantitative estimate of drug-likeness (QED) is 0.200. The number of hydrogen-bond donors (Lipinski definition) is 0. The van der Waals surface area contributed by atoms with E-state index in [4.69, 9.17) is 4.74 Å². The molecular weight excluding hydrogens is 284 g/mol. The van der Waals surface area contributed by atoms with Gasteiger partial charge in [0.1, 0.15) is 0 Å². The molecular formula is C21H41O2. The first-order chi connectivity index (χ1) is 11.3. The molecule has 2 nitrogen and oxygen atoms in total. The van der Waals surface area contributed by atoms with Gasteiger partial charge in [-0.15, -0.1) is 0 Å². The number of carbonyl (C=O) groups excluding carboxylic acids is 1. The van der Waals surface area contributed by atoms with Crippen LogP contribution >= 0.6 is 0 Å². The Morgan fingerprint density at radius 2 is 1.17 bits per heavy atom. The van der Waals surface area contributed by atoms with Crippen LogP contribution in [-0.2, 0) is 9.53 Å². The number of ether oxygens (including phenoxy) is 1. The lowest BCUT2D eigenvalue weighted by atomic mass is 10.1. The molecule has 0 bridgehead atoms. The lowest BCUT2D eigenvalue weighted by Crippen LogP contribution is -2.05. The van der Waals surface area contributed by atoms with E-state index in [2.05, 4.69) is 13.8 Å². The third kappa shape index (κ3) is 19.4. The van der Waals surface area contributed by atoms with Crippen molar-refractivity contribution in [2.24, 2.45) is 0 Å². The molecule has 0 aliphatic carbocycles. The molecule has 0 aliphatic heterocycles. The second-order valence-corrected chi connectivity index (χ2v) is 6.77. The summed E-state index contributed by atoms with van der Waals surface area (Å²) >= 11 is 0. The summed E-state index contributed by atoms with van der Waals surface area (Å²) < 4.78 is 5.28. The summed E-state index contributed by atoms with van der Waals surface area (Å²) in [7, 11) is 0. The summed E-state index contributed by atoms with van der Waals surface area (Å²) in [6.45, 7) is 6.71. The van der Waals surface area contributed by atoms with E-state index >= 15 is 0 Å². The topological polar surface area (TPSA) is 26.3 Å². The van der Waals surface area contributed by atoms with Gasteiger partial charge in [-0.1, -0.05) is 104 Å². The average molecular weight is 326 g/mol. The Hall–Kier alpha value is -0.530. The van der Waals surface area contributed by atoms with Crippen molar-refractivity contribution in [3.05, 3.63) is 6.92 Å². The zero-order chi connectivity index (χ0) is 17.0. The first kappa shape index (κ1) is 22.5. The summed E-state index contributed by atoms with van der Waals surface area (Å²) in [4.78, 5) is 11.6. The van der Waals surface area contributed by atoms with E-state index in [1.807, 2.05) is 0 Å². The van der Waals surface area contributed by atoms with Crippen molar-refractivity contribution in [1.82, 2.24) is 0 Å². The molecule has 0 aromatic rings. The van der Waals surface area contributed by atoms with Crippen LogP contribution in [0.2, 0.25) is 0 Å². The molecule has 2 heteroatoms. The molecule has 0 saturated heterocycles. The third-order valence-corrected chi connectivity index (χ3v) is 4.39. The van der Waals surface area contributed by atoms with Gasteiger partial charge in [-0.05, 0) is 12.8 Å². The molecule has 0 spiro atoms. The monoisotopic (exact) mass is 325 g/mol. The molecule has 0 amide bonds. The fraction of sp³-hybridized carbons (Fsp3) is 0.905. The summed E-state index contributed by atoms with van der Waals surface area (Å²) in [5.41, 5.74) is 0. The lowest BCUT2D eigenvalue weighted by molar-refractivity contribution is -0.143. The number of unbranched alkanes of at least 4 members (excludes halogenated alkanes) is 14. The second-order valence-electron chi connectivity index (χ2n) is 6.77. The van der Waals surface area contributed by atoms with Crippen LogP contribution in [0, 0.1) is 6.92 Å². The predicted molar refractivity (Wildman–Crippen MR) is 100 cm³/mol. The number of esters is 1. The summed E-state index contributed by atoms with van der Waals surface area (Å²) in [6, 6.07) is 0. The number of rotatable bonds is 18. The van der Waals surface area contributed by atoms with Crippen molar-refractivity contribution < 1.29 is 9.53 Å². The Morgan fingerprint density at radius 3 is 1.74 bits per heavy atom. The normalized spacial score (nSPS) is 10.9. The number of hydrogen-bond acceptors (Lipinski definition) is 2. The van der Waals surface area contributed by atoms with Crippen LogP contribution in [0.15, 0.2) is 0 Å². The molecule has 0 N–H and O–H groups in total. The van der Waals surface area contributed by atoms with Crippen LogP contribution < -0.4 is 0 Å². The molecule has 0 atom stereocenters. The van der Waals surface area contributed by atoms with Crippen LogP contribution in [0.4, 0.5) is 0 Å². The summed E-state index contributed by atoms with van der Waals surface area (Å²) in [5, 5.41) is 0. The second kappa shape index (κ2) is 19.5. The first-order valence-electron chi connectivity index (χ1n) is 10.3. The van der Waals surface area contributed by atoms with Gasteiger partial charge in [0.05, 0.1) is 6.61 Å². The van der Waals surface area contributed by atoms with E-state index in [0.717, 1.165) is 19.3 Å². The summed E-state index contributed by atoms with van der Waals surface area (Å²) in [6.07, 6.45) is 20.6. The van der Waals surface area contributed by atoms with Crippen molar-refractivity contribution in [2.75, 3.05) is 6.61 Å². The van der Waals surface area contributed by atoms with E-state index in [1.54, 1.807) is 0 Å². The van der Waals surface area contributed by atoms with Gasteiger partial charge in [-0.25, -0.2) is 0 Å². The Morgan fingerprint density at radius 1 is 0.696 bits per heavy atom. The van der Waals surface area contributed by atoms with Gasteiger partial charge in [-0.2, -0.15) is 0 Å². The smallest absolute Gasteiger partial charge is 0.305 e. The van der Waals surface area contributed by atoms with E-state index in [9.17, 15) is 4.79 Å². The van der Waals surface area contributed by atoms with Gasteiger partial charge in [0.2, 0.25) is 0 Å². The van der Waals surface area contributed by atoms with Gasteiger partial charge < -0.3 is 4.74 Å². The molecule has 0 fully saturated rings. The molecule has 137 valence electrons. The van der Waals surface area contributed by atoms with Crippen LogP contribution in [-0.4, -0.2) is 12.6 Å². The molecule has 0 aromatic carbocycles. The van der Waals surface area contributed by atoms with E-state index < -0.39 is 0 Å². The van der Waals surface area contributed by atoms with E-state index in [-0.39, 0.29) is 5.97 Å². The van der Waals surface area contributed by atoms with Crippen LogP contribution in [0.25, 0.3) is 0 Å². The standard InChI is InChI=1S/C21H41O2/c1-3-5-7-9-11-12-13-14-15-17-19-21(22)23-20-18-16-10-8-6-4-2/h2-20H2,1H3. The fourth-order valence-electron chi connectivity index (χ4n) is 2.82. The summed E-state index contributed by atoms with van der Waals surface area (Å²) in [5.74, 6) is 0.00215. The highest BCUT2D eigenvalue weighted by molar-refractivity contribution is 5.69. The first-order valence-corrected chi connectivity index (χ1v) is 10.3. The molecule has 1 radical (unpaired) electrons. The van der Waals surface area contributed by atoms with Gasteiger partial charge in [-0.3, -0.25) is 4.79 Å². The van der Waals surface area contributed by atoms with Crippen molar-refractivity contribution in [3.63, 3.8) is 0 Å². The molecule has 23 heavy (non-hydrogen) atoms. The SMILES string of the molecule is [CH2]CCCCCCCOC(=O)CCCCCCCCCCCC. The van der Waals surface area contributed by atoms with Gasteiger partial charge in [0.25, 0.3) is 0 Å². The fourth-order valence-corrected chi connectivity index (χ4v) is 2.82. The zero-order valence-electron chi connectivity index (χ0n) is 15.8. The molecule has 0 saturated carbocycles. The van der Waals surface area contributed by atoms with Crippen molar-refractivity contribution in [1.29, 1.82) is 0 Å². The molecule has 0 aliphatic rings. The Bertz CT molecular complexity index is 238. The number of carbonyl (C=O) groups is 1. The minimum atomic E-state index is 0.00215. The maximum absolute atomic E-state index is 11.6. The van der Waals surface area contributed by atoms with Crippen LogP contribution in [0.3, 0.4) is 0 Å². The Labute approximate surface area is 145 Å². The van der Waals surface area contributed by atoms with Gasteiger partial charge >= 0.3 is 5.97 Å². The minimum Gasteiger partial charge on any atom is -0.466 e. The molecule has 0 heterocycles. The minimum absolute atomic E-state index is 0.00215. The highest BCUT2D eigenvalue weighted by Crippen LogP contribution is 2.11. The zero-order valence-corrected chi connectivity index (χ0v) is 15.8. The van der Waals surface area contributed by atoms with Crippen molar-refractivity contribution >= 4 is 5.97 Å². The molecule has 0 aromatic heterocycles. The highest BCUT2D eigenvalue weighted by atomic mass is 16.5. The Kier molecular flexibility index (Phi) is 19.1. The lowest BCUT2D eigenvalue weighted by Gasteiger charge is -2.05. The van der Waals surface area contributed by atoms with Crippen molar-refractivity contribution in [2.45, 2.75) is 116 Å². The van der Waals surface area contributed by atoms with E-state index in [0.29, 0.717) is 13.0 Å².